The average molecular weight is 595 g/mol. The third-order valence-corrected chi connectivity index (χ3v) is 14.9. The molecule has 0 amide bonds. The molecular formula is C36H54O5Si. The predicted octanol–water partition coefficient (Wildman–Crippen LogP) is 8.27. The molecule has 0 bridgehead atoms. The number of fused-ring (bicyclic) bond motifs is 2. The average Bonchev–Trinajstić information content (AvgIpc) is 3.35. The number of hydrogen-bond donors (Lipinski definition) is 1. The van der Waals surface area contributed by atoms with Gasteiger partial charge in [-0.1, -0.05) is 89.4 Å². The Hall–Kier alpha value is -2.15. The molecule has 2 aromatic carbocycles. The number of carbonyl (C=O) groups is 1. The Balaban J connectivity index is 1.44. The van der Waals surface area contributed by atoms with E-state index in [1.807, 2.05) is 36.4 Å². The van der Waals surface area contributed by atoms with Crippen molar-refractivity contribution in [3.05, 3.63) is 65.2 Å². The minimum absolute atomic E-state index is 0.0840. The molecule has 1 fully saturated rings. The van der Waals surface area contributed by atoms with Crippen LogP contribution in [0.4, 0.5) is 0 Å². The van der Waals surface area contributed by atoms with Gasteiger partial charge in [-0.15, -0.1) is 0 Å². The van der Waals surface area contributed by atoms with Crippen LogP contribution in [0.2, 0.25) is 18.1 Å². The zero-order valence-electron chi connectivity index (χ0n) is 26.5. The smallest absolute Gasteiger partial charge is 0.344 e. The van der Waals surface area contributed by atoms with Gasteiger partial charge in [-0.2, -0.15) is 0 Å². The van der Waals surface area contributed by atoms with E-state index in [0.29, 0.717) is 17.8 Å². The molecule has 6 heteroatoms. The van der Waals surface area contributed by atoms with Crippen LogP contribution in [-0.4, -0.2) is 38.2 Å². The number of aliphatic hydroxyl groups excluding tert-OH is 1. The first-order valence-corrected chi connectivity index (χ1v) is 19.2. The van der Waals surface area contributed by atoms with Gasteiger partial charge in [0.05, 0.1) is 6.10 Å². The van der Waals surface area contributed by atoms with Crippen LogP contribution in [0, 0.1) is 17.8 Å². The molecule has 1 N–H and O–H groups in total. The molecule has 0 saturated heterocycles. The fourth-order valence-corrected chi connectivity index (χ4v) is 10.4. The van der Waals surface area contributed by atoms with Crippen molar-refractivity contribution in [1.29, 1.82) is 0 Å². The Morgan fingerprint density at radius 3 is 2.43 bits per heavy atom. The Labute approximate surface area is 255 Å². The van der Waals surface area contributed by atoms with E-state index in [1.165, 1.54) is 24.0 Å². The summed E-state index contributed by atoms with van der Waals surface area (Å²) in [5, 5.41) is 10.8. The number of rotatable bonds is 17. The van der Waals surface area contributed by atoms with Crippen molar-refractivity contribution in [2.45, 2.75) is 122 Å². The molecule has 0 heterocycles. The molecular weight excluding hydrogens is 540 g/mol. The largest absolute Gasteiger partial charge is 0.482 e. The fraction of sp³-hybridized carbons (Fsp3) is 0.639. The fourth-order valence-electron chi connectivity index (χ4n) is 7.44. The lowest BCUT2D eigenvalue weighted by atomic mass is 9.73. The molecule has 0 aliphatic heterocycles. The molecule has 1 saturated carbocycles. The van der Waals surface area contributed by atoms with Crippen molar-refractivity contribution < 1.29 is 23.8 Å². The lowest BCUT2D eigenvalue weighted by molar-refractivity contribution is -0.147. The van der Waals surface area contributed by atoms with Gasteiger partial charge in [0.2, 0.25) is 0 Å². The molecule has 4 rings (SSSR count). The Morgan fingerprint density at radius 2 is 1.71 bits per heavy atom. The van der Waals surface area contributed by atoms with Gasteiger partial charge in [0.15, 0.2) is 14.9 Å². The van der Waals surface area contributed by atoms with Crippen LogP contribution in [0.25, 0.3) is 0 Å². The third kappa shape index (κ3) is 8.48. The van der Waals surface area contributed by atoms with Gasteiger partial charge < -0.3 is 19.0 Å². The monoisotopic (exact) mass is 594 g/mol. The molecule has 2 aromatic rings. The minimum Gasteiger partial charge on any atom is -0.482 e. The number of ether oxygens (including phenoxy) is 2. The van der Waals surface area contributed by atoms with E-state index >= 15 is 0 Å². The lowest BCUT2D eigenvalue weighted by Crippen LogP contribution is -2.42. The number of unbranched alkanes of at least 4 members (excludes halogenated alkanes) is 2. The lowest BCUT2D eigenvalue weighted by Gasteiger charge is -2.36. The van der Waals surface area contributed by atoms with Gasteiger partial charge in [-0.25, -0.2) is 4.79 Å². The van der Waals surface area contributed by atoms with Crippen molar-refractivity contribution in [3.63, 3.8) is 0 Å². The molecule has 42 heavy (non-hydrogen) atoms. The quantitative estimate of drug-likeness (QED) is 0.113. The van der Waals surface area contributed by atoms with Crippen molar-refractivity contribution >= 4 is 14.3 Å². The third-order valence-electron chi connectivity index (χ3n) is 10.2. The number of carbonyl (C=O) groups excluding carboxylic acids is 1. The van der Waals surface area contributed by atoms with Gasteiger partial charge >= 0.3 is 5.97 Å². The first-order valence-electron chi connectivity index (χ1n) is 16.7. The number of esters is 1. The molecule has 2 unspecified atom stereocenters. The second-order valence-corrected chi connectivity index (χ2v) is 17.4. The maximum atomic E-state index is 12.5. The van der Waals surface area contributed by atoms with E-state index in [4.69, 9.17) is 13.9 Å². The first kappa shape index (κ1) is 32.8. The minimum atomic E-state index is -1.76. The summed E-state index contributed by atoms with van der Waals surface area (Å²) in [6, 6.07) is 19.5. The van der Waals surface area contributed by atoms with E-state index in [0.717, 1.165) is 74.4 Å². The normalized spacial score (nSPS) is 22.3. The van der Waals surface area contributed by atoms with E-state index < -0.39 is 8.32 Å². The highest BCUT2D eigenvalue weighted by molar-refractivity contribution is 6.73. The molecule has 2 aliphatic carbocycles. The molecule has 232 valence electrons. The number of aliphatic hydroxyl groups is 1. The van der Waals surface area contributed by atoms with Crippen LogP contribution in [0.1, 0.15) is 89.3 Å². The molecule has 5 atom stereocenters. The van der Waals surface area contributed by atoms with Crippen LogP contribution in [0.3, 0.4) is 0 Å². The Morgan fingerprint density at radius 1 is 0.952 bits per heavy atom. The molecule has 0 spiro atoms. The number of hydrogen-bond acceptors (Lipinski definition) is 5. The summed E-state index contributed by atoms with van der Waals surface area (Å²) in [4.78, 5) is 12.5. The topological polar surface area (TPSA) is 65.0 Å². The summed E-state index contributed by atoms with van der Waals surface area (Å²) in [6.07, 6.45) is 9.46. The highest BCUT2D eigenvalue weighted by Crippen LogP contribution is 2.50. The Kier molecular flexibility index (Phi) is 12.5. The van der Waals surface area contributed by atoms with Crippen LogP contribution >= 0.6 is 0 Å². The van der Waals surface area contributed by atoms with E-state index in [1.54, 1.807) is 0 Å². The van der Waals surface area contributed by atoms with E-state index in [2.05, 4.69) is 39.8 Å². The highest BCUT2D eigenvalue weighted by atomic mass is 28.4. The van der Waals surface area contributed by atoms with Crippen LogP contribution in [0.5, 0.6) is 5.75 Å². The van der Waals surface area contributed by atoms with Crippen LogP contribution in [-0.2, 0) is 33.4 Å². The number of benzene rings is 2. The SMILES string of the molecule is CCCCC[C@H](O)CCC1C(O[Si](CC)(CC)CC)C[C@@H]2Cc3c(cccc3OCC(=O)OCc3ccccc3)C[C@H]12. The summed E-state index contributed by atoms with van der Waals surface area (Å²) in [6.45, 7) is 9.34. The highest BCUT2D eigenvalue weighted by Gasteiger charge is 2.48. The van der Waals surface area contributed by atoms with Gasteiger partial charge in [0.1, 0.15) is 12.4 Å². The standard InChI is InChI=1S/C36H54O5Si/c1-5-9-11-18-30(37)20-21-31-32-22-28-17-14-19-34(39-26-36(38)40-25-27-15-12-10-13-16-27)33(28)23-29(32)24-35(31)41-42(6-2,7-3)8-4/h10,12-17,19,29-32,35,37H,5-9,11,18,20-26H2,1-4H3/t29-,30-,31?,32-,35?/m0/s1. The molecule has 0 radical (unpaired) electrons. The van der Waals surface area contributed by atoms with Gasteiger partial charge in [0, 0.05) is 6.10 Å². The zero-order chi connectivity index (χ0) is 30.0. The van der Waals surface area contributed by atoms with Crippen molar-refractivity contribution in [3.8, 4) is 5.75 Å². The molecule has 2 aliphatic rings. The van der Waals surface area contributed by atoms with Gasteiger partial charge in [-0.05, 0) is 97.2 Å². The summed E-state index contributed by atoms with van der Waals surface area (Å²) in [5.41, 5.74) is 3.56. The van der Waals surface area contributed by atoms with Crippen LogP contribution in [0.15, 0.2) is 48.5 Å². The van der Waals surface area contributed by atoms with Crippen molar-refractivity contribution in [2.75, 3.05) is 6.61 Å². The van der Waals surface area contributed by atoms with E-state index in [9.17, 15) is 9.90 Å². The second-order valence-electron chi connectivity index (χ2n) is 12.7. The summed E-state index contributed by atoms with van der Waals surface area (Å²) in [7, 11) is -1.76. The maximum absolute atomic E-state index is 12.5. The van der Waals surface area contributed by atoms with Crippen molar-refractivity contribution in [1.82, 2.24) is 0 Å². The van der Waals surface area contributed by atoms with Gasteiger partial charge in [-0.3, -0.25) is 0 Å². The van der Waals surface area contributed by atoms with E-state index in [-0.39, 0.29) is 31.4 Å². The second kappa shape index (κ2) is 16.1. The van der Waals surface area contributed by atoms with Gasteiger partial charge in [0.25, 0.3) is 0 Å². The predicted molar refractivity (Wildman–Crippen MR) is 172 cm³/mol. The molecule has 0 aromatic heterocycles. The zero-order valence-corrected chi connectivity index (χ0v) is 27.5. The Bertz CT molecular complexity index is 1090. The molecule has 5 nitrogen and oxygen atoms in total. The first-order chi connectivity index (χ1) is 20.4. The van der Waals surface area contributed by atoms with Crippen molar-refractivity contribution in [2.24, 2.45) is 17.8 Å². The summed E-state index contributed by atoms with van der Waals surface area (Å²) >= 11 is 0. The summed E-state index contributed by atoms with van der Waals surface area (Å²) < 4.78 is 18.8. The maximum Gasteiger partial charge on any atom is 0.344 e. The van der Waals surface area contributed by atoms with Crippen LogP contribution < -0.4 is 4.74 Å². The summed E-state index contributed by atoms with van der Waals surface area (Å²) in [5.74, 6) is 2.05.